The molecule has 0 spiro atoms. The number of nitrogens with two attached hydrogens (primary N) is 1. The molecule has 2 atom stereocenters. The van der Waals surface area contributed by atoms with Gasteiger partial charge >= 0.3 is 6.01 Å². The Balaban J connectivity index is 1.30. The maximum Gasteiger partial charge on any atom is 0.316 e. The molecule has 1 unspecified atom stereocenters. The second-order valence-electron chi connectivity index (χ2n) is 11.0. The van der Waals surface area contributed by atoms with Crippen LogP contribution in [0.4, 0.5) is 10.2 Å². The summed E-state index contributed by atoms with van der Waals surface area (Å²) in [5.74, 6) is -1.03. The molecule has 0 saturated carbocycles. The Kier molecular flexibility index (Phi) is 7.37. The van der Waals surface area contributed by atoms with Gasteiger partial charge in [0.05, 0.1) is 23.7 Å². The number of pyridine rings is 1. The Morgan fingerprint density at radius 1 is 1.15 bits per heavy atom. The molecule has 3 aliphatic heterocycles. The van der Waals surface area contributed by atoms with Crippen molar-refractivity contribution < 1.29 is 18.7 Å². The number of hydrogen-bond acceptors (Lipinski definition) is 8. The van der Waals surface area contributed by atoms with Crippen molar-refractivity contribution in [2.24, 2.45) is 0 Å². The quantitative estimate of drug-likeness (QED) is 0.461. The van der Waals surface area contributed by atoms with Gasteiger partial charge in [-0.25, -0.2) is 9.37 Å². The van der Waals surface area contributed by atoms with Gasteiger partial charge in [0.1, 0.15) is 18.5 Å². The number of likely N-dealkylation sites (tertiary alicyclic amines) is 2. The summed E-state index contributed by atoms with van der Waals surface area (Å²) in [7, 11) is 2.12. The van der Waals surface area contributed by atoms with Crippen LogP contribution in [0.25, 0.3) is 10.8 Å². The number of benzene rings is 1. The minimum absolute atomic E-state index is 0.0802. The molecule has 1 aromatic carbocycles. The van der Waals surface area contributed by atoms with Crippen molar-refractivity contribution in [2.75, 3.05) is 39.0 Å². The third-order valence-electron chi connectivity index (χ3n) is 8.48. The van der Waals surface area contributed by atoms with Gasteiger partial charge in [0.25, 0.3) is 5.91 Å². The molecule has 0 aliphatic carbocycles. The summed E-state index contributed by atoms with van der Waals surface area (Å²) in [6.45, 7) is 5.98. The van der Waals surface area contributed by atoms with Crippen molar-refractivity contribution in [1.82, 2.24) is 24.8 Å². The molecule has 5 heterocycles. The first-order valence-corrected chi connectivity index (χ1v) is 14.0. The highest BCUT2D eigenvalue weighted by molar-refractivity contribution is 5.90. The van der Waals surface area contributed by atoms with Crippen LogP contribution in [0.1, 0.15) is 60.4 Å². The predicted molar refractivity (Wildman–Crippen MR) is 149 cm³/mol. The number of halogens is 1. The average molecular weight is 547 g/mol. The zero-order valence-corrected chi connectivity index (χ0v) is 22.8. The Hall–Kier alpha value is -3.63. The SMILES string of the molecule is C=C(F)C(=O)N1CCC(c2nc(OC[C@@H]3CCCN3C)nc3c2COC(c2nc(N)cc4ccccc24)C3)CC1. The molecule has 6 rings (SSSR count). The van der Waals surface area contributed by atoms with E-state index in [9.17, 15) is 9.18 Å². The first kappa shape index (κ1) is 26.6. The molecule has 3 aromatic rings. The Labute approximate surface area is 233 Å². The molecule has 210 valence electrons. The predicted octanol–water partition coefficient (Wildman–Crippen LogP) is 4.08. The fraction of sp³-hybridized carbons (Fsp3) is 0.467. The molecule has 0 radical (unpaired) electrons. The smallest absolute Gasteiger partial charge is 0.316 e. The number of rotatable bonds is 6. The largest absolute Gasteiger partial charge is 0.462 e. The molecule has 10 heteroatoms. The van der Waals surface area contributed by atoms with E-state index in [0.29, 0.717) is 63.4 Å². The van der Waals surface area contributed by atoms with E-state index in [1.165, 1.54) is 4.90 Å². The van der Waals surface area contributed by atoms with Crippen LogP contribution in [-0.4, -0.2) is 70.0 Å². The fourth-order valence-electron chi connectivity index (χ4n) is 6.23. The third-order valence-corrected chi connectivity index (χ3v) is 8.48. The first-order chi connectivity index (χ1) is 19.4. The molecule has 2 N–H and O–H groups in total. The summed E-state index contributed by atoms with van der Waals surface area (Å²) >= 11 is 0. The zero-order valence-electron chi connectivity index (χ0n) is 22.8. The molecule has 1 amide bonds. The molecule has 0 bridgehead atoms. The van der Waals surface area contributed by atoms with E-state index in [1.807, 2.05) is 30.3 Å². The molecular weight excluding hydrogens is 511 g/mol. The number of amides is 1. The number of anilines is 1. The number of likely N-dealkylation sites (N-methyl/N-ethyl adjacent to an activating group) is 1. The van der Waals surface area contributed by atoms with Crippen LogP contribution in [-0.2, 0) is 22.6 Å². The summed E-state index contributed by atoms with van der Waals surface area (Å²) in [5.41, 5.74) is 9.71. The highest BCUT2D eigenvalue weighted by Gasteiger charge is 2.33. The van der Waals surface area contributed by atoms with E-state index in [2.05, 4.69) is 23.5 Å². The van der Waals surface area contributed by atoms with Crippen LogP contribution in [0.5, 0.6) is 6.01 Å². The van der Waals surface area contributed by atoms with Crippen LogP contribution in [0.2, 0.25) is 0 Å². The van der Waals surface area contributed by atoms with Crippen molar-refractivity contribution in [3.63, 3.8) is 0 Å². The van der Waals surface area contributed by atoms with Gasteiger partial charge in [-0.2, -0.15) is 9.97 Å². The average Bonchev–Trinajstić information content (AvgIpc) is 3.38. The van der Waals surface area contributed by atoms with E-state index >= 15 is 0 Å². The summed E-state index contributed by atoms with van der Waals surface area (Å²) in [4.78, 5) is 30.4. The van der Waals surface area contributed by atoms with E-state index in [4.69, 9.17) is 25.2 Å². The Bertz CT molecular complexity index is 1440. The highest BCUT2D eigenvalue weighted by Crippen LogP contribution is 2.38. The lowest BCUT2D eigenvalue weighted by atomic mass is 9.88. The lowest BCUT2D eigenvalue weighted by Crippen LogP contribution is -2.38. The normalized spacial score (nSPS) is 21.9. The van der Waals surface area contributed by atoms with Gasteiger partial charge in [-0.1, -0.05) is 30.8 Å². The number of nitrogens with zero attached hydrogens (tertiary/aromatic N) is 5. The lowest BCUT2D eigenvalue weighted by Gasteiger charge is -2.34. The van der Waals surface area contributed by atoms with Gasteiger partial charge in [-0.15, -0.1) is 0 Å². The Morgan fingerprint density at radius 2 is 1.95 bits per heavy atom. The second kappa shape index (κ2) is 11.1. The van der Waals surface area contributed by atoms with E-state index < -0.39 is 11.7 Å². The van der Waals surface area contributed by atoms with Crippen molar-refractivity contribution in [3.05, 3.63) is 65.4 Å². The van der Waals surface area contributed by atoms with Crippen LogP contribution in [0, 0.1) is 0 Å². The highest BCUT2D eigenvalue weighted by atomic mass is 19.1. The minimum Gasteiger partial charge on any atom is -0.462 e. The van der Waals surface area contributed by atoms with Crippen LogP contribution < -0.4 is 10.5 Å². The fourth-order valence-corrected chi connectivity index (χ4v) is 6.23. The first-order valence-electron chi connectivity index (χ1n) is 14.0. The number of nitrogen functional groups attached to an aromatic ring is 1. The van der Waals surface area contributed by atoms with Crippen molar-refractivity contribution in [1.29, 1.82) is 0 Å². The molecule has 2 saturated heterocycles. The van der Waals surface area contributed by atoms with Gasteiger partial charge < -0.3 is 25.0 Å². The van der Waals surface area contributed by atoms with E-state index in [0.717, 1.165) is 52.8 Å². The summed E-state index contributed by atoms with van der Waals surface area (Å²) in [6, 6.07) is 10.6. The van der Waals surface area contributed by atoms with Crippen LogP contribution in [0.3, 0.4) is 0 Å². The van der Waals surface area contributed by atoms with Gasteiger partial charge in [0.2, 0.25) is 0 Å². The number of ether oxygens (including phenoxy) is 2. The zero-order chi connectivity index (χ0) is 27.8. The van der Waals surface area contributed by atoms with E-state index in [1.54, 1.807) is 0 Å². The van der Waals surface area contributed by atoms with Crippen molar-refractivity contribution in [3.8, 4) is 6.01 Å². The maximum atomic E-state index is 13.5. The van der Waals surface area contributed by atoms with E-state index in [-0.39, 0.29) is 12.0 Å². The monoisotopic (exact) mass is 546 g/mol. The van der Waals surface area contributed by atoms with Crippen LogP contribution >= 0.6 is 0 Å². The van der Waals surface area contributed by atoms with Crippen molar-refractivity contribution >= 4 is 22.5 Å². The summed E-state index contributed by atoms with van der Waals surface area (Å²) in [5, 5.41) is 2.02. The van der Waals surface area contributed by atoms with Crippen LogP contribution in [0.15, 0.2) is 42.7 Å². The molecule has 2 fully saturated rings. The second-order valence-corrected chi connectivity index (χ2v) is 11.0. The van der Waals surface area contributed by atoms with Gasteiger partial charge in [0.15, 0.2) is 5.83 Å². The topological polar surface area (TPSA) is 107 Å². The maximum absolute atomic E-state index is 13.5. The molecule has 9 nitrogen and oxygen atoms in total. The molecular formula is C30H35FN6O3. The molecule has 40 heavy (non-hydrogen) atoms. The lowest BCUT2D eigenvalue weighted by molar-refractivity contribution is -0.129. The molecule has 2 aromatic heterocycles. The number of carbonyl (C=O) groups is 1. The summed E-state index contributed by atoms with van der Waals surface area (Å²) < 4.78 is 26.1. The number of hydrogen-bond donors (Lipinski definition) is 1. The summed E-state index contributed by atoms with van der Waals surface area (Å²) in [6.07, 6.45) is 3.78. The van der Waals surface area contributed by atoms with Gasteiger partial charge in [-0.3, -0.25) is 4.79 Å². The molecule has 3 aliphatic rings. The Morgan fingerprint density at radius 3 is 2.70 bits per heavy atom. The minimum atomic E-state index is -0.924. The number of piperidine rings is 1. The van der Waals surface area contributed by atoms with Gasteiger partial charge in [-0.05, 0) is 50.7 Å². The number of carbonyl (C=O) groups excluding carboxylic acids is 1. The number of aromatic nitrogens is 3. The standard InChI is InChI=1S/C30H35FN6O3/c1-18(31)29(38)37-12-9-19(10-13-37)27-23-17-39-25(28-22-8-4-3-6-20(22)14-26(32)34-28)15-24(23)33-30(35-27)40-16-21-7-5-11-36(21)2/h3-4,6,8,14,19,21,25H,1,5,7,9-13,15-17H2,2H3,(H2,32,34)/t21-,25?/m0/s1. The third kappa shape index (κ3) is 5.25. The van der Waals surface area contributed by atoms with Gasteiger partial charge in [0, 0.05) is 42.4 Å². The number of fused-ring (bicyclic) bond motifs is 2. The van der Waals surface area contributed by atoms with Crippen molar-refractivity contribution in [2.45, 2.75) is 56.8 Å².